The first-order valence-corrected chi connectivity index (χ1v) is 7.00. The monoisotopic (exact) mass is 350 g/mol. The Bertz CT molecular complexity index is 785. The lowest BCUT2D eigenvalue weighted by atomic mass is 10.1. The minimum absolute atomic E-state index is 0.0790. The van der Waals surface area contributed by atoms with Gasteiger partial charge in [0.2, 0.25) is 6.79 Å². The second-order valence-corrected chi connectivity index (χ2v) is 5.36. The van der Waals surface area contributed by atoms with Gasteiger partial charge in [-0.15, -0.1) is 0 Å². The molecule has 0 fully saturated rings. The van der Waals surface area contributed by atoms with E-state index in [4.69, 9.17) is 9.47 Å². The number of hydrogen-bond acceptors (Lipinski definition) is 5. The van der Waals surface area contributed by atoms with Crippen LogP contribution in [0.4, 0.5) is 0 Å². The van der Waals surface area contributed by atoms with Crippen molar-refractivity contribution in [2.45, 2.75) is 13.5 Å². The molecule has 0 spiro atoms. The van der Waals surface area contributed by atoms with E-state index in [1.165, 1.54) is 10.9 Å². The van der Waals surface area contributed by atoms with Crippen LogP contribution < -0.4 is 15.0 Å². The van der Waals surface area contributed by atoms with Crippen LogP contribution in [-0.2, 0) is 6.54 Å². The van der Waals surface area contributed by atoms with Gasteiger partial charge in [-0.25, -0.2) is 4.98 Å². The average molecular weight is 351 g/mol. The van der Waals surface area contributed by atoms with Crippen molar-refractivity contribution in [3.05, 3.63) is 50.6 Å². The molecule has 0 aliphatic carbocycles. The molecule has 6 nitrogen and oxygen atoms in total. The summed E-state index contributed by atoms with van der Waals surface area (Å²) in [5, 5.41) is 0. The number of halogens is 1. The number of carbonyl (C=O) groups excluding carboxylic acids is 1. The van der Waals surface area contributed by atoms with E-state index >= 15 is 0 Å². The van der Waals surface area contributed by atoms with Gasteiger partial charge in [0.1, 0.15) is 4.47 Å². The molecule has 0 unspecified atom stereocenters. The van der Waals surface area contributed by atoms with Gasteiger partial charge in [-0.1, -0.05) is 0 Å². The van der Waals surface area contributed by atoms with Crippen LogP contribution in [0.15, 0.2) is 33.8 Å². The zero-order valence-electron chi connectivity index (χ0n) is 11.1. The first kappa shape index (κ1) is 13.8. The fourth-order valence-electron chi connectivity index (χ4n) is 1.97. The summed E-state index contributed by atoms with van der Waals surface area (Å²) in [4.78, 5) is 28.3. The number of carbonyl (C=O) groups is 1. The second kappa shape index (κ2) is 5.33. The fourth-order valence-corrected chi connectivity index (χ4v) is 2.30. The number of aromatic nitrogens is 2. The van der Waals surface area contributed by atoms with E-state index in [0.717, 1.165) is 0 Å². The molecule has 0 atom stereocenters. The lowest BCUT2D eigenvalue weighted by Crippen LogP contribution is -2.25. The van der Waals surface area contributed by atoms with E-state index in [9.17, 15) is 9.59 Å². The van der Waals surface area contributed by atoms with Crippen molar-refractivity contribution >= 4 is 21.7 Å². The zero-order valence-corrected chi connectivity index (χ0v) is 12.7. The Kier molecular flexibility index (Phi) is 3.50. The molecule has 1 aliphatic rings. The van der Waals surface area contributed by atoms with Crippen LogP contribution >= 0.6 is 15.9 Å². The number of nitrogens with zero attached hydrogens (tertiary/aromatic N) is 2. The number of ketones is 1. The summed E-state index contributed by atoms with van der Waals surface area (Å²) in [5.74, 6) is 0.952. The Morgan fingerprint density at radius 2 is 2.14 bits per heavy atom. The number of aryl methyl sites for hydroxylation is 1. The Morgan fingerprint density at radius 3 is 2.95 bits per heavy atom. The van der Waals surface area contributed by atoms with E-state index in [2.05, 4.69) is 20.9 Å². The summed E-state index contributed by atoms with van der Waals surface area (Å²) >= 11 is 3.17. The van der Waals surface area contributed by atoms with Crippen molar-refractivity contribution < 1.29 is 14.3 Å². The molecule has 0 radical (unpaired) electrons. The maximum absolute atomic E-state index is 12.3. The summed E-state index contributed by atoms with van der Waals surface area (Å²) in [6.07, 6.45) is 1.37. The smallest absolute Gasteiger partial charge is 0.268 e. The van der Waals surface area contributed by atoms with Crippen LogP contribution in [0, 0.1) is 6.92 Å². The standard InChI is InChI=1S/C14H11BrN2O4/c1-8-13(15)14(19)17(6-16-8)5-10(18)9-2-3-11-12(4-9)21-7-20-11/h2-4,6H,5,7H2,1H3. The maximum Gasteiger partial charge on any atom is 0.268 e. The Labute approximate surface area is 128 Å². The fraction of sp³-hybridized carbons (Fsp3) is 0.214. The van der Waals surface area contributed by atoms with Crippen molar-refractivity contribution in [2.24, 2.45) is 0 Å². The third-order valence-corrected chi connectivity index (χ3v) is 4.08. The van der Waals surface area contributed by atoms with Gasteiger partial charge in [-0.2, -0.15) is 0 Å². The quantitative estimate of drug-likeness (QED) is 0.791. The van der Waals surface area contributed by atoms with Crippen molar-refractivity contribution in [3.63, 3.8) is 0 Å². The molecule has 0 amide bonds. The van der Waals surface area contributed by atoms with Crippen molar-refractivity contribution in [2.75, 3.05) is 6.79 Å². The molecule has 0 bridgehead atoms. The molecule has 0 N–H and O–H groups in total. The molecule has 1 aromatic heterocycles. The van der Waals surface area contributed by atoms with E-state index in [1.54, 1.807) is 25.1 Å². The third kappa shape index (κ3) is 2.56. The van der Waals surface area contributed by atoms with Crippen molar-refractivity contribution in [1.82, 2.24) is 9.55 Å². The van der Waals surface area contributed by atoms with Gasteiger partial charge in [-0.3, -0.25) is 14.2 Å². The molecule has 108 valence electrons. The number of benzene rings is 1. The molecule has 1 aliphatic heterocycles. The first-order valence-electron chi connectivity index (χ1n) is 6.20. The van der Waals surface area contributed by atoms with Gasteiger partial charge in [0.15, 0.2) is 17.3 Å². The number of hydrogen-bond donors (Lipinski definition) is 0. The summed E-state index contributed by atoms with van der Waals surface area (Å²) in [7, 11) is 0. The number of Topliss-reactive ketones (excluding diaryl/α,β-unsaturated/α-hetero) is 1. The van der Waals surface area contributed by atoms with E-state index in [0.29, 0.717) is 27.2 Å². The second-order valence-electron chi connectivity index (χ2n) is 4.57. The molecule has 2 aromatic rings. The molecule has 21 heavy (non-hydrogen) atoms. The largest absolute Gasteiger partial charge is 0.454 e. The summed E-state index contributed by atoms with van der Waals surface area (Å²) in [6.45, 7) is 1.79. The highest BCUT2D eigenvalue weighted by molar-refractivity contribution is 9.10. The van der Waals surface area contributed by atoms with Crippen LogP contribution in [0.2, 0.25) is 0 Å². The maximum atomic E-state index is 12.3. The molecule has 2 heterocycles. The minimum Gasteiger partial charge on any atom is -0.454 e. The van der Waals surface area contributed by atoms with Gasteiger partial charge >= 0.3 is 0 Å². The highest BCUT2D eigenvalue weighted by Gasteiger charge is 2.17. The lowest BCUT2D eigenvalue weighted by molar-refractivity contribution is 0.0970. The predicted molar refractivity (Wildman–Crippen MR) is 77.8 cm³/mol. The number of ether oxygens (including phenoxy) is 2. The van der Waals surface area contributed by atoms with Crippen LogP contribution in [0.5, 0.6) is 11.5 Å². The van der Waals surface area contributed by atoms with Crippen molar-refractivity contribution in [1.29, 1.82) is 0 Å². The van der Waals surface area contributed by atoms with Crippen LogP contribution in [-0.4, -0.2) is 22.1 Å². The zero-order chi connectivity index (χ0) is 15.0. The third-order valence-electron chi connectivity index (χ3n) is 3.17. The molecule has 3 rings (SSSR count). The molecular weight excluding hydrogens is 340 g/mol. The SMILES string of the molecule is Cc1ncn(CC(=O)c2ccc3c(c2)OCO3)c(=O)c1Br. The first-order chi connectivity index (χ1) is 10.1. The normalized spacial score (nSPS) is 12.5. The topological polar surface area (TPSA) is 70.4 Å². The molecule has 1 aromatic carbocycles. The average Bonchev–Trinajstić information content (AvgIpc) is 2.95. The van der Waals surface area contributed by atoms with Gasteiger partial charge in [0, 0.05) is 5.56 Å². The minimum atomic E-state index is -0.281. The van der Waals surface area contributed by atoms with Gasteiger partial charge < -0.3 is 9.47 Å². The van der Waals surface area contributed by atoms with Gasteiger partial charge in [0.05, 0.1) is 18.6 Å². The van der Waals surface area contributed by atoms with Gasteiger partial charge in [0.25, 0.3) is 5.56 Å². The van der Waals surface area contributed by atoms with E-state index in [-0.39, 0.29) is 24.7 Å². The number of rotatable bonds is 3. The Morgan fingerprint density at radius 1 is 1.38 bits per heavy atom. The molecular formula is C14H11BrN2O4. The van der Waals surface area contributed by atoms with Crippen LogP contribution in [0.3, 0.4) is 0 Å². The van der Waals surface area contributed by atoms with E-state index < -0.39 is 0 Å². The number of fused-ring (bicyclic) bond motifs is 1. The lowest BCUT2D eigenvalue weighted by Gasteiger charge is -2.07. The van der Waals surface area contributed by atoms with Gasteiger partial charge in [-0.05, 0) is 41.1 Å². The highest BCUT2D eigenvalue weighted by atomic mass is 79.9. The van der Waals surface area contributed by atoms with Crippen LogP contribution in [0.25, 0.3) is 0 Å². The highest BCUT2D eigenvalue weighted by Crippen LogP contribution is 2.32. The van der Waals surface area contributed by atoms with Crippen molar-refractivity contribution in [3.8, 4) is 11.5 Å². The summed E-state index contributed by atoms with van der Waals surface area (Å²) in [5.41, 5.74) is 0.770. The molecule has 0 saturated heterocycles. The Hall–Kier alpha value is -2.15. The summed E-state index contributed by atoms with van der Waals surface area (Å²) in [6, 6.07) is 4.95. The molecule has 7 heteroatoms. The van der Waals surface area contributed by atoms with E-state index in [1.807, 2.05) is 0 Å². The Balaban J connectivity index is 1.87. The van der Waals surface area contributed by atoms with Crippen LogP contribution in [0.1, 0.15) is 16.1 Å². The molecule has 0 saturated carbocycles. The summed E-state index contributed by atoms with van der Waals surface area (Å²) < 4.78 is 12.1. The predicted octanol–water partition coefficient (Wildman–Crippen LogP) is 1.93.